The number of nitrogens with two attached hydrogens (primary N) is 1. The molecule has 2 rings (SSSR count). The first-order valence-electron chi connectivity index (χ1n) is 5.58. The van der Waals surface area contributed by atoms with E-state index in [1.165, 1.54) is 0 Å². The molecule has 4 nitrogen and oxygen atoms in total. The van der Waals surface area contributed by atoms with E-state index in [0.717, 1.165) is 17.0 Å². The summed E-state index contributed by atoms with van der Waals surface area (Å²) in [5.41, 5.74) is 5.28. The number of carbonyl (C=O) groups is 2. The molecule has 0 aliphatic carbocycles. The molecule has 1 aliphatic heterocycles. The molecular weight excluding hydrogens is 242 g/mol. The maximum atomic E-state index is 13.1. The lowest BCUT2D eigenvalue weighted by Gasteiger charge is -2.23. The Kier molecular flexibility index (Phi) is 3.13. The highest BCUT2D eigenvalue weighted by atomic mass is 19.2. The summed E-state index contributed by atoms with van der Waals surface area (Å²) in [5, 5.41) is 0. The highest BCUT2D eigenvalue weighted by molar-refractivity contribution is 6.21. The van der Waals surface area contributed by atoms with Crippen molar-refractivity contribution in [2.24, 2.45) is 5.73 Å². The van der Waals surface area contributed by atoms with Gasteiger partial charge in [-0.25, -0.2) is 8.78 Å². The fourth-order valence-electron chi connectivity index (χ4n) is 2.04. The van der Waals surface area contributed by atoms with Gasteiger partial charge in [-0.15, -0.1) is 0 Å². The van der Waals surface area contributed by atoms with Gasteiger partial charge >= 0.3 is 0 Å². The zero-order chi connectivity index (χ0) is 13.4. The van der Waals surface area contributed by atoms with Gasteiger partial charge in [0.05, 0.1) is 17.2 Å². The van der Waals surface area contributed by atoms with Crippen LogP contribution in [0.5, 0.6) is 0 Å². The van der Waals surface area contributed by atoms with Crippen molar-refractivity contribution >= 4 is 11.8 Å². The van der Waals surface area contributed by atoms with Crippen LogP contribution in [0.1, 0.15) is 34.1 Å². The number of hydrogen-bond acceptors (Lipinski definition) is 3. The highest BCUT2D eigenvalue weighted by Gasteiger charge is 2.39. The summed E-state index contributed by atoms with van der Waals surface area (Å²) in [7, 11) is 0. The molecule has 1 atom stereocenters. The Bertz CT molecular complexity index is 486. The number of amides is 2. The van der Waals surface area contributed by atoms with Crippen molar-refractivity contribution in [3.63, 3.8) is 0 Å². The lowest BCUT2D eigenvalue weighted by Crippen LogP contribution is -2.43. The first-order chi connectivity index (χ1) is 8.51. The molecule has 0 fully saturated rings. The molecule has 18 heavy (non-hydrogen) atoms. The molecule has 2 amide bonds. The van der Waals surface area contributed by atoms with Crippen LogP contribution in [0.4, 0.5) is 8.78 Å². The number of carbonyl (C=O) groups excluding carboxylic acids is 2. The van der Waals surface area contributed by atoms with Crippen molar-refractivity contribution in [3.05, 3.63) is 34.9 Å². The van der Waals surface area contributed by atoms with Gasteiger partial charge in [0.25, 0.3) is 11.8 Å². The predicted molar refractivity (Wildman–Crippen MR) is 60.0 cm³/mol. The number of fused-ring (bicyclic) bond motifs is 1. The van der Waals surface area contributed by atoms with Gasteiger partial charge in [0.1, 0.15) is 0 Å². The maximum absolute atomic E-state index is 13.1. The van der Waals surface area contributed by atoms with Gasteiger partial charge in [0.2, 0.25) is 0 Å². The third-order valence-corrected chi connectivity index (χ3v) is 3.07. The van der Waals surface area contributed by atoms with Crippen molar-refractivity contribution in [2.75, 3.05) is 6.54 Å². The number of rotatable bonds is 3. The molecule has 0 bridgehead atoms. The van der Waals surface area contributed by atoms with E-state index in [1.54, 1.807) is 6.92 Å². The Morgan fingerprint density at radius 3 is 1.94 bits per heavy atom. The van der Waals surface area contributed by atoms with E-state index in [4.69, 9.17) is 5.73 Å². The lowest BCUT2D eigenvalue weighted by atomic mass is 10.1. The quantitative estimate of drug-likeness (QED) is 0.827. The predicted octanol–water partition coefficient (Wildman–Crippen LogP) is 1.30. The van der Waals surface area contributed by atoms with Gasteiger partial charge in [0.15, 0.2) is 11.6 Å². The van der Waals surface area contributed by atoms with Gasteiger partial charge in [-0.2, -0.15) is 0 Å². The average molecular weight is 254 g/mol. The fraction of sp³-hybridized carbons (Fsp3) is 0.333. The summed E-state index contributed by atoms with van der Waals surface area (Å²) in [6, 6.07) is 1.06. The smallest absolute Gasteiger partial charge is 0.261 e. The van der Waals surface area contributed by atoms with E-state index in [0.29, 0.717) is 6.42 Å². The van der Waals surface area contributed by atoms with E-state index in [9.17, 15) is 18.4 Å². The molecular formula is C12H12F2N2O2. The second-order valence-corrected chi connectivity index (χ2v) is 4.09. The van der Waals surface area contributed by atoms with E-state index in [1.807, 2.05) is 0 Å². The van der Waals surface area contributed by atoms with Gasteiger partial charge in [-0.3, -0.25) is 14.5 Å². The van der Waals surface area contributed by atoms with Crippen molar-refractivity contribution in [2.45, 2.75) is 19.4 Å². The molecule has 0 saturated carbocycles. The molecule has 0 radical (unpaired) electrons. The summed E-state index contributed by atoms with van der Waals surface area (Å²) in [6.07, 6.45) is 0.493. The number of nitrogens with zero attached hydrogens (tertiary/aromatic N) is 1. The summed E-state index contributed by atoms with van der Waals surface area (Å²) >= 11 is 0. The molecule has 0 spiro atoms. The van der Waals surface area contributed by atoms with Gasteiger partial charge < -0.3 is 5.73 Å². The third-order valence-electron chi connectivity index (χ3n) is 3.07. The fourth-order valence-corrected chi connectivity index (χ4v) is 2.04. The summed E-state index contributed by atoms with van der Waals surface area (Å²) in [4.78, 5) is 25.0. The van der Waals surface area contributed by atoms with Crippen LogP contribution < -0.4 is 5.73 Å². The molecule has 1 heterocycles. The number of halogens is 2. The first-order valence-corrected chi connectivity index (χ1v) is 5.58. The molecule has 1 unspecified atom stereocenters. The van der Waals surface area contributed by atoms with Crippen LogP contribution in [0.2, 0.25) is 0 Å². The maximum Gasteiger partial charge on any atom is 0.261 e. The van der Waals surface area contributed by atoms with Crippen LogP contribution in [0, 0.1) is 11.6 Å². The lowest BCUT2D eigenvalue weighted by molar-refractivity contribution is 0.0585. The molecule has 1 aromatic carbocycles. The largest absolute Gasteiger partial charge is 0.328 e. The molecule has 96 valence electrons. The van der Waals surface area contributed by atoms with E-state index in [-0.39, 0.29) is 17.7 Å². The molecule has 1 aliphatic rings. The van der Waals surface area contributed by atoms with E-state index >= 15 is 0 Å². The minimum Gasteiger partial charge on any atom is -0.328 e. The first kappa shape index (κ1) is 12.6. The monoisotopic (exact) mass is 254 g/mol. The number of hydrogen-bond donors (Lipinski definition) is 1. The molecule has 0 saturated heterocycles. The minimum absolute atomic E-state index is 0.106. The Morgan fingerprint density at radius 1 is 1.17 bits per heavy atom. The van der Waals surface area contributed by atoms with Crippen molar-refractivity contribution in [1.29, 1.82) is 0 Å². The van der Waals surface area contributed by atoms with Crippen LogP contribution in [0.25, 0.3) is 0 Å². The standard InChI is InChI=1S/C12H12F2N2O2/c1-2-6(5-15)16-11(17)7-3-9(13)10(14)4-8(7)12(16)18/h3-4,6H,2,5,15H2,1H3. The zero-order valence-corrected chi connectivity index (χ0v) is 9.74. The second kappa shape index (κ2) is 4.45. The molecule has 6 heteroatoms. The van der Waals surface area contributed by atoms with Gasteiger partial charge in [-0.05, 0) is 18.6 Å². The SMILES string of the molecule is CCC(CN)N1C(=O)c2cc(F)c(F)cc2C1=O. The van der Waals surface area contributed by atoms with Crippen molar-refractivity contribution in [1.82, 2.24) is 4.90 Å². The second-order valence-electron chi connectivity index (χ2n) is 4.09. The molecule has 0 aromatic heterocycles. The third kappa shape index (κ3) is 1.69. The Morgan fingerprint density at radius 2 is 1.61 bits per heavy atom. The van der Waals surface area contributed by atoms with Crippen molar-refractivity contribution < 1.29 is 18.4 Å². The average Bonchev–Trinajstić information content (AvgIpc) is 2.57. The van der Waals surface area contributed by atoms with Crippen molar-refractivity contribution in [3.8, 4) is 0 Å². The Labute approximate surface area is 102 Å². The van der Waals surface area contributed by atoms with Crippen LogP contribution >= 0.6 is 0 Å². The topological polar surface area (TPSA) is 63.4 Å². The minimum atomic E-state index is -1.14. The summed E-state index contributed by atoms with van der Waals surface area (Å²) < 4.78 is 26.2. The van der Waals surface area contributed by atoms with Gasteiger partial charge in [-0.1, -0.05) is 6.92 Å². The summed E-state index contributed by atoms with van der Waals surface area (Å²) in [6.45, 7) is 1.90. The normalized spacial score (nSPS) is 16.1. The summed E-state index contributed by atoms with van der Waals surface area (Å²) in [5.74, 6) is -3.52. The highest BCUT2D eigenvalue weighted by Crippen LogP contribution is 2.27. The van der Waals surface area contributed by atoms with E-state index < -0.39 is 29.5 Å². The van der Waals surface area contributed by atoms with Gasteiger partial charge in [0, 0.05) is 6.54 Å². The van der Waals surface area contributed by atoms with Crippen LogP contribution in [-0.2, 0) is 0 Å². The number of benzene rings is 1. The van der Waals surface area contributed by atoms with Crippen LogP contribution in [-0.4, -0.2) is 29.3 Å². The van der Waals surface area contributed by atoms with Crippen LogP contribution in [0.3, 0.4) is 0 Å². The Balaban J connectivity index is 2.50. The number of imide groups is 1. The van der Waals surface area contributed by atoms with Crippen LogP contribution in [0.15, 0.2) is 12.1 Å². The Hall–Kier alpha value is -1.82. The molecule has 2 N–H and O–H groups in total. The molecule has 1 aromatic rings. The van der Waals surface area contributed by atoms with E-state index in [2.05, 4.69) is 0 Å². The zero-order valence-electron chi connectivity index (χ0n) is 9.74.